The van der Waals surface area contributed by atoms with Crippen LogP contribution in [0.15, 0.2) is 47.8 Å². The van der Waals surface area contributed by atoms with Gasteiger partial charge in [-0.05, 0) is 17.7 Å². The van der Waals surface area contributed by atoms with E-state index in [2.05, 4.69) is 15.1 Å². The van der Waals surface area contributed by atoms with Gasteiger partial charge in [0.05, 0.1) is 24.5 Å². The summed E-state index contributed by atoms with van der Waals surface area (Å²) in [4.78, 5) is 2.60. The van der Waals surface area contributed by atoms with Gasteiger partial charge >= 0.3 is 0 Å². The first kappa shape index (κ1) is 11.2. The number of azide groups is 1. The lowest BCUT2D eigenvalue weighted by Gasteiger charge is -2.03. The molecule has 1 aromatic heterocycles. The number of para-hydroxylation sites is 1. The van der Waals surface area contributed by atoms with Crippen molar-refractivity contribution in [1.29, 1.82) is 0 Å². The molecule has 1 heterocycles. The zero-order chi connectivity index (χ0) is 12.1. The van der Waals surface area contributed by atoms with Crippen LogP contribution in [0.1, 0.15) is 11.7 Å². The molecular formula is C11H11N5O. The summed E-state index contributed by atoms with van der Waals surface area (Å²) in [5, 5.41) is 17.2. The molecule has 1 N–H and O–H groups in total. The number of aliphatic hydroxyl groups excluding tert-OH is 1. The van der Waals surface area contributed by atoms with Crippen molar-refractivity contribution in [3.8, 4) is 5.69 Å². The number of hydrogen-bond donors (Lipinski definition) is 1. The second-order valence-corrected chi connectivity index (χ2v) is 3.48. The Morgan fingerprint density at radius 2 is 2.18 bits per heavy atom. The van der Waals surface area contributed by atoms with Crippen molar-refractivity contribution < 1.29 is 5.11 Å². The fourth-order valence-corrected chi connectivity index (χ4v) is 1.45. The zero-order valence-corrected chi connectivity index (χ0v) is 9.01. The smallest absolute Gasteiger partial charge is 0.0877 e. The van der Waals surface area contributed by atoms with E-state index in [-0.39, 0.29) is 6.54 Å². The van der Waals surface area contributed by atoms with E-state index >= 15 is 0 Å². The standard InChI is InChI=1S/C11H11N5O/c12-15-13-7-11(17)9-6-14-16(8-9)10-4-2-1-3-5-10/h1-6,8,11,17H,7H2. The molecule has 0 spiro atoms. The molecule has 0 saturated heterocycles. The second-order valence-electron chi connectivity index (χ2n) is 3.48. The molecule has 0 aliphatic heterocycles. The Bertz CT molecular complexity index is 530. The van der Waals surface area contributed by atoms with Gasteiger partial charge in [-0.1, -0.05) is 23.3 Å². The predicted octanol–water partition coefficient (Wildman–Crippen LogP) is 2.22. The Morgan fingerprint density at radius 3 is 2.88 bits per heavy atom. The number of benzene rings is 1. The predicted molar refractivity (Wildman–Crippen MR) is 62.5 cm³/mol. The summed E-state index contributed by atoms with van der Waals surface area (Å²) < 4.78 is 1.66. The molecule has 6 heteroatoms. The van der Waals surface area contributed by atoms with Crippen LogP contribution >= 0.6 is 0 Å². The third kappa shape index (κ3) is 2.63. The fourth-order valence-electron chi connectivity index (χ4n) is 1.45. The fraction of sp³-hybridized carbons (Fsp3) is 0.182. The van der Waals surface area contributed by atoms with Crippen molar-refractivity contribution in [2.45, 2.75) is 6.10 Å². The van der Waals surface area contributed by atoms with Gasteiger partial charge in [-0.25, -0.2) is 4.68 Å². The topological polar surface area (TPSA) is 86.8 Å². The van der Waals surface area contributed by atoms with E-state index in [4.69, 9.17) is 5.53 Å². The highest BCUT2D eigenvalue weighted by atomic mass is 16.3. The molecule has 1 atom stereocenters. The maximum absolute atomic E-state index is 9.69. The summed E-state index contributed by atoms with van der Waals surface area (Å²) in [6.45, 7) is 0.0109. The van der Waals surface area contributed by atoms with Crippen molar-refractivity contribution in [3.63, 3.8) is 0 Å². The average molecular weight is 229 g/mol. The van der Waals surface area contributed by atoms with E-state index in [1.165, 1.54) is 0 Å². The first-order valence-electron chi connectivity index (χ1n) is 5.10. The minimum Gasteiger partial charge on any atom is -0.388 e. The van der Waals surface area contributed by atoms with Crippen LogP contribution in [-0.4, -0.2) is 21.4 Å². The molecule has 0 aliphatic carbocycles. The van der Waals surface area contributed by atoms with E-state index in [1.807, 2.05) is 30.3 Å². The van der Waals surface area contributed by atoms with Gasteiger partial charge in [0.2, 0.25) is 0 Å². The van der Waals surface area contributed by atoms with Crippen LogP contribution in [0.3, 0.4) is 0 Å². The molecule has 0 amide bonds. The van der Waals surface area contributed by atoms with E-state index in [9.17, 15) is 5.11 Å². The third-order valence-corrected chi connectivity index (χ3v) is 2.33. The molecule has 0 saturated carbocycles. The molecular weight excluding hydrogens is 218 g/mol. The summed E-state index contributed by atoms with van der Waals surface area (Å²) >= 11 is 0. The minimum atomic E-state index is -0.816. The molecule has 0 aliphatic rings. The first-order chi connectivity index (χ1) is 8.31. The lowest BCUT2D eigenvalue weighted by atomic mass is 10.2. The molecule has 1 aromatic carbocycles. The molecule has 2 aromatic rings. The van der Waals surface area contributed by atoms with E-state index in [0.717, 1.165) is 5.69 Å². The lowest BCUT2D eigenvalue weighted by Crippen LogP contribution is -1.99. The number of nitrogens with zero attached hydrogens (tertiary/aromatic N) is 5. The van der Waals surface area contributed by atoms with E-state index in [0.29, 0.717) is 5.56 Å². The maximum Gasteiger partial charge on any atom is 0.0877 e. The van der Waals surface area contributed by atoms with Crippen molar-refractivity contribution in [1.82, 2.24) is 9.78 Å². The minimum absolute atomic E-state index is 0.0109. The average Bonchev–Trinajstić information content (AvgIpc) is 2.86. The molecule has 6 nitrogen and oxygen atoms in total. The molecule has 1 unspecified atom stereocenters. The summed E-state index contributed by atoms with van der Waals surface area (Å²) in [6.07, 6.45) is 2.46. The van der Waals surface area contributed by atoms with Crippen LogP contribution < -0.4 is 0 Å². The monoisotopic (exact) mass is 229 g/mol. The van der Waals surface area contributed by atoms with Gasteiger partial charge in [0.1, 0.15) is 0 Å². The number of aromatic nitrogens is 2. The molecule has 86 valence electrons. The van der Waals surface area contributed by atoms with Crippen LogP contribution in [0, 0.1) is 0 Å². The highest BCUT2D eigenvalue weighted by molar-refractivity contribution is 5.31. The van der Waals surface area contributed by atoms with Gasteiger partial charge in [0, 0.05) is 16.7 Å². The van der Waals surface area contributed by atoms with Crippen molar-refractivity contribution in [2.75, 3.05) is 6.54 Å². The van der Waals surface area contributed by atoms with Crippen LogP contribution in [0.4, 0.5) is 0 Å². The summed E-state index contributed by atoms with van der Waals surface area (Å²) in [7, 11) is 0. The second kappa shape index (κ2) is 5.16. The van der Waals surface area contributed by atoms with Gasteiger partial charge in [-0.15, -0.1) is 0 Å². The normalized spacial score (nSPS) is 11.8. The summed E-state index contributed by atoms with van der Waals surface area (Å²) in [5.74, 6) is 0. The Labute approximate surface area is 97.8 Å². The Morgan fingerprint density at radius 1 is 1.41 bits per heavy atom. The third-order valence-electron chi connectivity index (χ3n) is 2.33. The highest BCUT2D eigenvalue weighted by Gasteiger charge is 2.09. The Kier molecular flexibility index (Phi) is 3.40. The highest BCUT2D eigenvalue weighted by Crippen LogP contribution is 2.14. The molecule has 2 rings (SSSR count). The first-order valence-corrected chi connectivity index (χ1v) is 5.10. The number of aliphatic hydroxyl groups is 1. The van der Waals surface area contributed by atoms with Crippen molar-refractivity contribution >= 4 is 0 Å². The van der Waals surface area contributed by atoms with Gasteiger partial charge in [-0.3, -0.25) is 0 Å². The number of hydrogen-bond acceptors (Lipinski definition) is 3. The SMILES string of the molecule is [N-]=[N+]=NCC(O)c1cnn(-c2ccccc2)c1. The lowest BCUT2D eigenvalue weighted by molar-refractivity contribution is 0.187. The van der Waals surface area contributed by atoms with E-state index < -0.39 is 6.10 Å². The summed E-state index contributed by atoms with van der Waals surface area (Å²) in [6, 6.07) is 9.57. The quantitative estimate of drug-likeness (QED) is 0.495. The largest absolute Gasteiger partial charge is 0.388 e. The van der Waals surface area contributed by atoms with Crippen molar-refractivity contribution in [2.24, 2.45) is 5.11 Å². The van der Waals surface area contributed by atoms with Crippen LogP contribution in [0.2, 0.25) is 0 Å². The van der Waals surface area contributed by atoms with Gasteiger partial charge in [0.15, 0.2) is 0 Å². The van der Waals surface area contributed by atoms with Gasteiger partial charge in [-0.2, -0.15) is 5.10 Å². The van der Waals surface area contributed by atoms with Crippen LogP contribution in [0.25, 0.3) is 16.1 Å². The Balaban J connectivity index is 2.19. The zero-order valence-electron chi connectivity index (χ0n) is 9.01. The maximum atomic E-state index is 9.69. The molecule has 17 heavy (non-hydrogen) atoms. The van der Waals surface area contributed by atoms with Gasteiger partial charge < -0.3 is 5.11 Å². The van der Waals surface area contributed by atoms with Crippen LogP contribution in [0.5, 0.6) is 0 Å². The molecule has 0 radical (unpaired) electrons. The van der Waals surface area contributed by atoms with E-state index in [1.54, 1.807) is 17.1 Å². The number of rotatable bonds is 4. The van der Waals surface area contributed by atoms with Gasteiger partial charge in [0.25, 0.3) is 0 Å². The van der Waals surface area contributed by atoms with Crippen LogP contribution in [-0.2, 0) is 0 Å². The summed E-state index contributed by atoms with van der Waals surface area (Å²) in [5.41, 5.74) is 9.71. The van der Waals surface area contributed by atoms with Crippen molar-refractivity contribution in [3.05, 3.63) is 58.7 Å². The Hall–Kier alpha value is -2.30. The molecule has 0 bridgehead atoms. The molecule has 0 fully saturated rings.